The number of phenols is 1. The normalized spacial score (nSPS) is 13.4. The van der Waals surface area contributed by atoms with E-state index in [2.05, 4.69) is 10.6 Å². The van der Waals surface area contributed by atoms with Crippen LogP contribution >= 0.6 is 0 Å². The van der Waals surface area contributed by atoms with Crippen molar-refractivity contribution < 1.29 is 24.2 Å². The van der Waals surface area contributed by atoms with E-state index in [0.29, 0.717) is 13.0 Å². The molecule has 230 valence electrons. The minimum atomic E-state index is -1.04. The van der Waals surface area contributed by atoms with Gasteiger partial charge in [0.15, 0.2) is 0 Å². The SMILES string of the molecule is CCC(C)N(C(=O)C(Cc1ccc(O)cc1)NC(=O)OC(C)(C)C)C(C(=O)NCc1ccccc1)c1cccc(C)c1C. The summed E-state index contributed by atoms with van der Waals surface area (Å²) in [6.45, 7) is 13.4. The summed E-state index contributed by atoms with van der Waals surface area (Å²) in [4.78, 5) is 43.4. The predicted molar refractivity (Wildman–Crippen MR) is 169 cm³/mol. The Labute approximate surface area is 255 Å². The van der Waals surface area contributed by atoms with Gasteiger partial charge in [0.1, 0.15) is 23.4 Å². The first-order valence-corrected chi connectivity index (χ1v) is 14.8. The van der Waals surface area contributed by atoms with E-state index >= 15 is 0 Å². The molecule has 0 aromatic heterocycles. The van der Waals surface area contributed by atoms with Crippen LogP contribution in [0.4, 0.5) is 4.79 Å². The summed E-state index contributed by atoms with van der Waals surface area (Å²) >= 11 is 0. The summed E-state index contributed by atoms with van der Waals surface area (Å²) in [6, 6.07) is 19.5. The van der Waals surface area contributed by atoms with Crippen LogP contribution in [0.1, 0.15) is 74.9 Å². The van der Waals surface area contributed by atoms with Crippen LogP contribution in [-0.4, -0.2) is 45.6 Å². The van der Waals surface area contributed by atoms with Gasteiger partial charge < -0.3 is 25.4 Å². The molecule has 0 aliphatic carbocycles. The molecule has 3 N–H and O–H groups in total. The molecule has 0 radical (unpaired) electrons. The first kappa shape index (κ1) is 33.2. The molecule has 3 rings (SSSR count). The Hall–Kier alpha value is -4.33. The molecule has 0 saturated carbocycles. The van der Waals surface area contributed by atoms with Crippen LogP contribution in [0, 0.1) is 13.8 Å². The molecule has 0 heterocycles. The number of aryl methyl sites for hydroxylation is 1. The van der Waals surface area contributed by atoms with Crippen molar-refractivity contribution in [2.45, 2.75) is 91.6 Å². The van der Waals surface area contributed by atoms with Crippen molar-refractivity contribution in [1.82, 2.24) is 15.5 Å². The molecule has 3 unspecified atom stereocenters. The van der Waals surface area contributed by atoms with Crippen LogP contribution in [0.15, 0.2) is 72.8 Å². The highest BCUT2D eigenvalue weighted by Crippen LogP contribution is 2.30. The monoisotopic (exact) mass is 587 g/mol. The van der Waals surface area contributed by atoms with Gasteiger partial charge in [0.05, 0.1) is 0 Å². The van der Waals surface area contributed by atoms with Crippen molar-refractivity contribution in [3.8, 4) is 5.75 Å². The molecule has 0 aliphatic rings. The number of phenolic OH excluding ortho intramolecular Hbond substituents is 1. The highest BCUT2D eigenvalue weighted by Gasteiger charge is 2.39. The number of nitrogens with one attached hydrogen (secondary N) is 2. The van der Waals surface area contributed by atoms with E-state index in [4.69, 9.17) is 4.74 Å². The van der Waals surface area contributed by atoms with Crippen LogP contribution in [-0.2, 0) is 27.3 Å². The highest BCUT2D eigenvalue weighted by atomic mass is 16.6. The van der Waals surface area contributed by atoms with Crippen LogP contribution in [0.2, 0.25) is 0 Å². The Morgan fingerprint density at radius 3 is 2.16 bits per heavy atom. The van der Waals surface area contributed by atoms with Gasteiger partial charge in [-0.1, -0.05) is 67.6 Å². The molecule has 0 saturated heterocycles. The smallest absolute Gasteiger partial charge is 0.408 e. The molecular formula is C35H45N3O5. The van der Waals surface area contributed by atoms with E-state index in [1.807, 2.05) is 76.2 Å². The zero-order chi connectivity index (χ0) is 31.7. The number of hydrogen-bond donors (Lipinski definition) is 3. The minimum Gasteiger partial charge on any atom is -0.508 e. The third-order valence-electron chi connectivity index (χ3n) is 7.46. The fourth-order valence-corrected chi connectivity index (χ4v) is 4.86. The lowest BCUT2D eigenvalue weighted by atomic mass is 9.93. The molecule has 43 heavy (non-hydrogen) atoms. The second kappa shape index (κ2) is 14.7. The third-order valence-corrected chi connectivity index (χ3v) is 7.46. The topological polar surface area (TPSA) is 108 Å². The Bertz CT molecular complexity index is 1380. The van der Waals surface area contributed by atoms with E-state index in [1.165, 1.54) is 12.1 Å². The zero-order valence-corrected chi connectivity index (χ0v) is 26.3. The van der Waals surface area contributed by atoms with Gasteiger partial charge in [0.2, 0.25) is 11.8 Å². The Morgan fingerprint density at radius 2 is 1.56 bits per heavy atom. The minimum absolute atomic E-state index is 0.0954. The van der Waals surface area contributed by atoms with Crippen LogP contribution in [0.5, 0.6) is 5.75 Å². The van der Waals surface area contributed by atoms with Crippen molar-refractivity contribution in [3.05, 3.63) is 101 Å². The number of alkyl carbamates (subject to hydrolysis) is 1. The van der Waals surface area contributed by atoms with E-state index < -0.39 is 29.7 Å². The standard InChI is InChI=1S/C35H45N3O5/c1-8-24(3)38(33(41)30(37-34(42)43-35(5,6)7)21-26-17-19-28(39)20-18-26)31(29-16-12-13-23(2)25(29)4)32(40)36-22-27-14-10-9-11-15-27/h9-20,24,30-31,39H,8,21-22H2,1-7H3,(H,36,40)(H,37,42). The Morgan fingerprint density at radius 1 is 0.907 bits per heavy atom. The number of carbonyl (C=O) groups is 3. The predicted octanol–water partition coefficient (Wildman–Crippen LogP) is 6.13. The summed E-state index contributed by atoms with van der Waals surface area (Å²) in [5.41, 5.74) is 3.54. The van der Waals surface area contributed by atoms with E-state index in [9.17, 15) is 19.5 Å². The van der Waals surface area contributed by atoms with Gasteiger partial charge in [-0.25, -0.2) is 4.79 Å². The number of aromatic hydroxyl groups is 1. The summed E-state index contributed by atoms with van der Waals surface area (Å²) in [5, 5.41) is 15.6. The van der Waals surface area contributed by atoms with E-state index in [-0.39, 0.29) is 24.1 Å². The summed E-state index contributed by atoms with van der Waals surface area (Å²) in [5.74, 6) is -0.626. The molecule has 3 aromatic carbocycles. The Kier molecular flexibility index (Phi) is 11.4. The number of carbonyl (C=O) groups excluding carboxylic acids is 3. The first-order valence-electron chi connectivity index (χ1n) is 14.8. The zero-order valence-electron chi connectivity index (χ0n) is 26.3. The van der Waals surface area contributed by atoms with Crippen molar-refractivity contribution in [2.24, 2.45) is 0 Å². The van der Waals surface area contributed by atoms with Gasteiger partial charge >= 0.3 is 6.09 Å². The molecule has 8 nitrogen and oxygen atoms in total. The molecule has 3 aromatic rings. The van der Waals surface area contributed by atoms with Crippen molar-refractivity contribution in [3.63, 3.8) is 0 Å². The first-order chi connectivity index (χ1) is 20.3. The highest BCUT2D eigenvalue weighted by molar-refractivity contribution is 5.92. The van der Waals surface area contributed by atoms with Crippen LogP contribution < -0.4 is 10.6 Å². The molecule has 0 fully saturated rings. The fraction of sp³-hybridized carbons (Fsp3) is 0.400. The summed E-state index contributed by atoms with van der Waals surface area (Å²) in [7, 11) is 0. The number of amides is 3. The maximum absolute atomic E-state index is 14.6. The molecule has 8 heteroatoms. The van der Waals surface area contributed by atoms with Gasteiger partial charge in [-0.2, -0.15) is 0 Å². The second-order valence-corrected chi connectivity index (χ2v) is 12.0. The van der Waals surface area contributed by atoms with Gasteiger partial charge in [0.25, 0.3) is 0 Å². The molecule has 3 amide bonds. The van der Waals surface area contributed by atoms with Crippen molar-refractivity contribution >= 4 is 17.9 Å². The lowest BCUT2D eigenvalue weighted by Gasteiger charge is -2.39. The average Bonchev–Trinajstić information content (AvgIpc) is 2.96. The number of ether oxygens (including phenoxy) is 1. The van der Waals surface area contributed by atoms with Gasteiger partial charge in [-0.05, 0) is 87.9 Å². The van der Waals surface area contributed by atoms with Crippen molar-refractivity contribution in [1.29, 1.82) is 0 Å². The maximum atomic E-state index is 14.6. The summed E-state index contributed by atoms with van der Waals surface area (Å²) in [6.07, 6.45) is -0.0148. The van der Waals surface area contributed by atoms with Gasteiger partial charge in [-0.3, -0.25) is 9.59 Å². The molecule has 3 atom stereocenters. The lowest BCUT2D eigenvalue weighted by molar-refractivity contribution is -0.145. The van der Waals surface area contributed by atoms with Crippen LogP contribution in [0.3, 0.4) is 0 Å². The number of rotatable bonds is 11. The maximum Gasteiger partial charge on any atom is 0.408 e. The quantitative estimate of drug-likeness (QED) is 0.250. The Balaban J connectivity index is 2.08. The van der Waals surface area contributed by atoms with Crippen LogP contribution in [0.25, 0.3) is 0 Å². The van der Waals surface area contributed by atoms with Gasteiger partial charge in [-0.15, -0.1) is 0 Å². The van der Waals surface area contributed by atoms with Crippen molar-refractivity contribution in [2.75, 3.05) is 0 Å². The molecule has 0 bridgehead atoms. The molecule has 0 aliphatic heterocycles. The lowest BCUT2D eigenvalue weighted by Crippen LogP contribution is -2.56. The fourth-order valence-electron chi connectivity index (χ4n) is 4.86. The molecule has 0 spiro atoms. The van der Waals surface area contributed by atoms with E-state index in [1.54, 1.807) is 37.8 Å². The van der Waals surface area contributed by atoms with E-state index in [0.717, 1.165) is 27.8 Å². The third kappa shape index (κ3) is 9.33. The largest absolute Gasteiger partial charge is 0.508 e. The summed E-state index contributed by atoms with van der Waals surface area (Å²) < 4.78 is 5.52. The number of benzene rings is 3. The van der Waals surface area contributed by atoms with Gasteiger partial charge in [0, 0.05) is 19.0 Å². The average molecular weight is 588 g/mol. The second-order valence-electron chi connectivity index (χ2n) is 12.0. The number of hydrogen-bond acceptors (Lipinski definition) is 5. The molecular weight excluding hydrogens is 542 g/mol. The number of nitrogens with zero attached hydrogens (tertiary/aromatic N) is 1.